The molecule has 0 bridgehead atoms. The van der Waals surface area contributed by atoms with Crippen molar-refractivity contribution in [3.05, 3.63) is 117 Å². The van der Waals surface area contributed by atoms with Crippen LogP contribution in [0.15, 0.2) is 84.4 Å². The number of methoxy groups -OCH3 is 1. The van der Waals surface area contributed by atoms with E-state index in [0.717, 1.165) is 39.6 Å². The van der Waals surface area contributed by atoms with Crippen LogP contribution in [-0.4, -0.2) is 38.4 Å². The van der Waals surface area contributed by atoms with E-state index in [0.29, 0.717) is 17.1 Å². The molecule has 6 rings (SSSR count). The molecule has 1 unspecified atom stereocenters. The Bertz CT molecular complexity index is 1680. The Morgan fingerprint density at radius 1 is 1.03 bits per heavy atom. The van der Waals surface area contributed by atoms with E-state index in [-0.39, 0.29) is 6.03 Å². The van der Waals surface area contributed by atoms with E-state index in [1.165, 1.54) is 18.4 Å². The van der Waals surface area contributed by atoms with E-state index in [1.807, 2.05) is 90.3 Å². The quantitative estimate of drug-likeness (QED) is 0.274. The minimum atomic E-state index is -0.484. The van der Waals surface area contributed by atoms with Crippen LogP contribution in [0.4, 0.5) is 10.5 Å². The average molecular weight is 538 g/mol. The third kappa shape index (κ3) is 4.30. The van der Waals surface area contributed by atoms with Crippen molar-refractivity contribution < 1.29 is 14.3 Å². The minimum absolute atomic E-state index is 0.317. The summed E-state index contributed by atoms with van der Waals surface area (Å²) in [5.41, 5.74) is 6.17. The molecule has 0 saturated carbocycles. The molecule has 5 aromatic rings. The lowest BCUT2D eigenvalue weighted by Crippen LogP contribution is -2.38. The van der Waals surface area contributed by atoms with Gasteiger partial charge in [0.2, 0.25) is 0 Å². The maximum atomic E-state index is 14.1. The molecular weight excluding hydrogens is 510 g/mol. The maximum absolute atomic E-state index is 14.1. The van der Waals surface area contributed by atoms with Gasteiger partial charge in [-0.1, -0.05) is 48.0 Å². The summed E-state index contributed by atoms with van der Waals surface area (Å²) >= 11 is 1.23. The molecular formula is C30H27N5O3S. The lowest BCUT2D eigenvalue weighted by atomic mass is 10.00. The summed E-state index contributed by atoms with van der Waals surface area (Å²) in [6, 6.07) is 23.3. The van der Waals surface area contributed by atoms with E-state index in [9.17, 15) is 9.59 Å². The third-order valence-corrected chi connectivity index (χ3v) is 7.88. The molecule has 39 heavy (non-hydrogen) atoms. The number of fused-ring (bicyclic) bond motifs is 3. The molecule has 1 aliphatic rings. The number of urea groups is 1. The number of anilines is 1. The second kappa shape index (κ2) is 9.92. The molecule has 2 amide bonds. The van der Waals surface area contributed by atoms with Gasteiger partial charge in [-0.2, -0.15) is 5.10 Å². The number of rotatable bonds is 4. The topological polar surface area (TPSA) is 81.4 Å². The van der Waals surface area contributed by atoms with E-state index >= 15 is 0 Å². The molecule has 0 fully saturated rings. The first-order valence-corrected chi connectivity index (χ1v) is 13.5. The molecule has 0 radical (unpaired) electrons. The molecule has 1 atom stereocenters. The fraction of sp³-hybridized carbons (Fsp3) is 0.167. The number of carbonyl (C=O) groups excluding carboxylic acids is 2. The van der Waals surface area contributed by atoms with Crippen molar-refractivity contribution in [2.75, 3.05) is 12.4 Å². The largest absolute Gasteiger partial charge is 0.465 e. The molecule has 0 aliphatic carbocycles. The minimum Gasteiger partial charge on any atom is -0.465 e. The Kier molecular flexibility index (Phi) is 6.28. The van der Waals surface area contributed by atoms with Gasteiger partial charge in [-0.25, -0.2) is 14.3 Å². The number of thiophene rings is 1. The predicted octanol–water partition coefficient (Wildman–Crippen LogP) is 6.27. The molecule has 1 N–H and O–H groups in total. The SMILES string of the molecule is COC(=O)c1sccc1NC(=O)N1Cc2c(C)nn(-c3ccccc3)c2-n2cccc2C1c1cccc(C)c1. The van der Waals surface area contributed by atoms with Crippen LogP contribution in [0.3, 0.4) is 0 Å². The van der Waals surface area contributed by atoms with Gasteiger partial charge >= 0.3 is 12.0 Å². The van der Waals surface area contributed by atoms with Gasteiger partial charge in [0.05, 0.1) is 42.5 Å². The van der Waals surface area contributed by atoms with Crippen LogP contribution in [0.1, 0.15) is 43.8 Å². The van der Waals surface area contributed by atoms with E-state index in [4.69, 9.17) is 9.84 Å². The zero-order valence-electron chi connectivity index (χ0n) is 21.8. The van der Waals surface area contributed by atoms with E-state index < -0.39 is 12.0 Å². The van der Waals surface area contributed by atoms with Gasteiger partial charge in [-0.15, -0.1) is 11.3 Å². The van der Waals surface area contributed by atoms with Crippen LogP contribution in [-0.2, 0) is 11.3 Å². The zero-order chi connectivity index (χ0) is 27.1. The highest BCUT2D eigenvalue weighted by molar-refractivity contribution is 7.12. The second-order valence-corrected chi connectivity index (χ2v) is 10.4. The highest BCUT2D eigenvalue weighted by Crippen LogP contribution is 2.39. The predicted molar refractivity (Wildman–Crippen MR) is 151 cm³/mol. The molecule has 3 aromatic heterocycles. The van der Waals surface area contributed by atoms with Crippen molar-refractivity contribution in [1.29, 1.82) is 0 Å². The molecule has 4 heterocycles. The number of nitrogens with zero attached hydrogens (tertiary/aromatic N) is 4. The van der Waals surface area contributed by atoms with Gasteiger partial charge in [0.15, 0.2) is 0 Å². The van der Waals surface area contributed by atoms with Crippen LogP contribution < -0.4 is 5.32 Å². The van der Waals surface area contributed by atoms with E-state index in [1.54, 1.807) is 11.4 Å². The molecule has 9 heteroatoms. The van der Waals surface area contributed by atoms with Crippen molar-refractivity contribution in [2.24, 2.45) is 0 Å². The molecule has 8 nitrogen and oxygen atoms in total. The molecule has 0 spiro atoms. The Balaban J connectivity index is 1.52. The maximum Gasteiger partial charge on any atom is 0.350 e. The monoisotopic (exact) mass is 537 g/mol. The van der Waals surface area contributed by atoms with Crippen LogP contribution in [0.5, 0.6) is 0 Å². The van der Waals surface area contributed by atoms with Gasteiger partial charge < -0.3 is 19.5 Å². The number of ether oxygens (including phenoxy) is 1. The first-order chi connectivity index (χ1) is 19.0. The molecule has 196 valence electrons. The van der Waals surface area contributed by atoms with Crippen LogP contribution in [0.25, 0.3) is 11.5 Å². The second-order valence-electron chi connectivity index (χ2n) is 9.47. The number of carbonyl (C=O) groups is 2. The number of esters is 1. The summed E-state index contributed by atoms with van der Waals surface area (Å²) in [5, 5.41) is 9.64. The Labute approximate surface area is 230 Å². The standard InChI is InChI=1S/C30H27N5O3S/c1-19-9-7-10-21(17-19)26-25-13-8-15-33(25)28-23(20(2)32-35(28)22-11-5-4-6-12-22)18-34(26)30(37)31-24-14-16-39-27(24)29(36)38-3/h4-17,26H,18H2,1-3H3,(H,31,37). The van der Waals surface area contributed by atoms with Gasteiger partial charge in [0.1, 0.15) is 10.7 Å². The van der Waals surface area contributed by atoms with Crippen LogP contribution in [0, 0.1) is 13.8 Å². The van der Waals surface area contributed by atoms with Crippen molar-refractivity contribution in [3.8, 4) is 11.5 Å². The van der Waals surface area contributed by atoms with Crippen LogP contribution >= 0.6 is 11.3 Å². The van der Waals surface area contributed by atoms with Gasteiger partial charge in [0.25, 0.3) is 0 Å². The number of amides is 2. The van der Waals surface area contributed by atoms with Crippen molar-refractivity contribution in [1.82, 2.24) is 19.2 Å². The first-order valence-electron chi connectivity index (χ1n) is 12.6. The number of para-hydroxylation sites is 1. The van der Waals surface area contributed by atoms with Gasteiger partial charge in [0, 0.05) is 11.8 Å². The summed E-state index contributed by atoms with van der Waals surface area (Å²) < 4.78 is 8.99. The van der Waals surface area contributed by atoms with Crippen molar-refractivity contribution in [3.63, 3.8) is 0 Å². The normalized spacial score (nSPS) is 14.3. The number of aromatic nitrogens is 3. The summed E-state index contributed by atoms with van der Waals surface area (Å²) in [7, 11) is 1.33. The molecule has 0 saturated heterocycles. The Hall–Kier alpha value is -4.63. The number of hydrogen-bond donors (Lipinski definition) is 1. The van der Waals surface area contributed by atoms with Gasteiger partial charge in [-0.3, -0.25) is 0 Å². The highest BCUT2D eigenvalue weighted by Gasteiger charge is 2.36. The van der Waals surface area contributed by atoms with E-state index in [2.05, 4.69) is 16.0 Å². The molecule has 1 aliphatic heterocycles. The average Bonchev–Trinajstić information content (AvgIpc) is 3.66. The van der Waals surface area contributed by atoms with Crippen LogP contribution in [0.2, 0.25) is 0 Å². The summed E-state index contributed by atoms with van der Waals surface area (Å²) in [4.78, 5) is 28.6. The summed E-state index contributed by atoms with van der Waals surface area (Å²) in [5.74, 6) is 0.417. The summed E-state index contributed by atoms with van der Waals surface area (Å²) in [6.45, 7) is 4.33. The lowest BCUT2D eigenvalue weighted by Gasteiger charge is -2.31. The third-order valence-electron chi connectivity index (χ3n) is 6.98. The van der Waals surface area contributed by atoms with Crippen molar-refractivity contribution in [2.45, 2.75) is 26.4 Å². The Morgan fingerprint density at radius 3 is 2.62 bits per heavy atom. The van der Waals surface area contributed by atoms with Gasteiger partial charge in [-0.05, 0) is 55.1 Å². The smallest absolute Gasteiger partial charge is 0.350 e. The first kappa shape index (κ1) is 24.7. The number of benzene rings is 2. The fourth-order valence-electron chi connectivity index (χ4n) is 5.19. The number of hydrogen-bond acceptors (Lipinski definition) is 5. The fourth-order valence-corrected chi connectivity index (χ4v) is 5.95. The lowest BCUT2D eigenvalue weighted by molar-refractivity contribution is 0.0607. The molecule has 2 aromatic carbocycles. The van der Waals surface area contributed by atoms with Crippen molar-refractivity contribution >= 4 is 29.0 Å². The number of aryl methyl sites for hydroxylation is 2. The summed E-state index contributed by atoms with van der Waals surface area (Å²) in [6.07, 6.45) is 2.02. The highest BCUT2D eigenvalue weighted by atomic mass is 32.1. The Morgan fingerprint density at radius 2 is 1.85 bits per heavy atom. The number of nitrogens with one attached hydrogen (secondary N) is 1. The zero-order valence-corrected chi connectivity index (χ0v) is 22.6.